The van der Waals surface area contributed by atoms with Gasteiger partial charge in [0.15, 0.2) is 10.8 Å². The highest BCUT2D eigenvalue weighted by atomic mass is 32.2. The number of nitrogen functional groups attached to an aromatic ring is 1. The molecule has 57 heavy (non-hydrogen) atoms. The normalized spacial score (nSPS) is 18.3. The number of ether oxygens (including phenoxy) is 1. The lowest BCUT2D eigenvalue weighted by molar-refractivity contribution is -0.150. The summed E-state index contributed by atoms with van der Waals surface area (Å²) in [4.78, 5) is 89.4. The molecule has 0 aliphatic carbocycles. The molecule has 3 aliphatic heterocycles. The van der Waals surface area contributed by atoms with E-state index in [-0.39, 0.29) is 76.3 Å². The largest absolute Gasteiger partial charge is 0.477 e. The molecule has 0 unspecified atom stereocenters. The Kier molecular flexibility index (Phi) is 10.5. The van der Waals surface area contributed by atoms with Crippen LogP contribution in [0.3, 0.4) is 0 Å². The lowest BCUT2D eigenvalue weighted by atomic mass is 10.0. The minimum atomic E-state index is -1.52. The summed E-state index contributed by atoms with van der Waals surface area (Å²) in [7, 11) is 1.22. The number of rotatable bonds is 10. The molecule has 2 fully saturated rings. The molecule has 0 spiro atoms. The first-order valence-corrected chi connectivity index (χ1v) is 18.8. The van der Waals surface area contributed by atoms with Gasteiger partial charge in [-0.3, -0.25) is 19.3 Å². The van der Waals surface area contributed by atoms with Gasteiger partial charge in [-0.05, 0) is 36.4 Å². The lowest BCUT2D eigenvalue weighted by Crippen LogP contribution is -2.71. The maximum absolute atomic E-state index is 15.6. The number of carbonyl (C=O) groups excluding carboxylic acids is 3. The van der Waals surface area contributed by atoms with Gasteiger partial charge in [0, 0.05) is 60.2 Å². The van der Waals surface area contributed by atoms with Crippen LogP contribution in [0.4, 0.5) is 24.4 Å². The second kappa shape index (κ2) is 15.5. The molecule has 2 aromatic heterocycles. The van der Waals surface area contributed by atoms with Crippen LogP contribution in [-0.4, -0.2) is 122 Å². The Morgan fingerprint density at radius 1 is 1.05 bits per heavy atom. The van der Waals surface area contributed by atoms with Gasteiger partial charge in [0.25, 0.3) is 11.8 Å². The Balaban J connectivity index is 1.01. The number of β-lactam (4-membered cyclic amide) rings is 1. The van der Waals surface area contributed by atoms with Crippen molar-refractivity contribution in [1.82, 2.24) is 24.7 Å². The number of carboxylic acid groups (broad SMARTS) is 2. The van der Waals surface area contributed by atoms with Gasteiger partial charge in [-0.2, -0.15) is 0 Å². The number of carbonyl (C=O) groups is 5. The van der Waals surface area contributed by atoms with Gasteiger partial charge in [-0.15, -0.1) is 23.1 Å². The van der Waals surface area contributed by atoms with Gasteiger partial charge in [-0.25, -0.2) is 28.1 Å². The number of halogens is 2. The fourth-order valence-electron chi connectivity index (χ4n) is 6.61. The van der Waals surface area contributed by atoms with Crippen molar-refractivity contribution < 1.29 is 52.5 Å². The molecule has 3 amide bonds. The summed E-state index contributed by atoms with van der Waals surface area (Å²) >= 11 is 2.23. The van der Waals surface area contributed by atoms with Crippen LogP contribution in [0.1, 0.15) is 16.1 Å². The Bertz CT molecular complexity index is 2470. The van der Waals surface area contributed by atoms with E-state index in [0.29, 0.717) is 5.69 Å². The Hall–Kier alpha value is -6.55. The number of benzene rings is 2. The molecule has 5 N–H and O–H groups in total. The Morgan fingerprint density at radius 2 is 1.77 bits per heavy atom. The van der Waals surface area contributed by atoms with Crippen LogP contribution in [0.5, 0.6) is 0 Å². The Morgan fingerprint density at radius 3 is 2.40 bits per heavy atom. The van der Waals surface area contributed by atoms with Gasteiger partial charge in [-0.1, -0.05) is 5.16 Å². The van der Waals surface area contributed by atoms with Crippen LogP contribution >= 0.6 is 23.1 Å². The highest BCUT2D eigenvalue weighted by molar-refractivity contribution is 8.00. The van der Waals surface area contributed by atoms with E-state index in [1.54, 1.807) is 4.90 Å². The molecule has 7 rings (SSSR count). The topological polar surface area (TPSA) is 239 Å². The zero-order valence-electron chi connectivity index (χ0n) is 29.5. The maximum atomic E-state index is 15.6. The van der Waals surface area contributed by atoms with Gasteiger partial charge < -0.3 is 45.2 Å². The molecule has 0 radical (unpaired) electrons. The van der Waals surface area contributed by atoms with Gasteiger partial charge in [0.1, 0.15) is 53.7 Å². The number of thioether (sulfide) groups is 1. The molecular weight excluding hydrogens is 795 g/mol. The predicted molar refractivity (Wildman–Crippen MR) is 201 cm³/mol. The number of piperazine rings is 1. The number of aromatic carboxylic acids is 1. The van der Waals surface area contributed by atoms with Crippen LogP contribution < -0.4 is 21.4 Å². The molecular formula is C35H30F2N8O10S2. The van der Waals surface area contributed by atoms with Crippen molar-refractivity contribution in [3.05, 3.63) is 92.4 Å². The van der Waals surface area contributed by atoms with Crippen LogP contribution in [0, 0.1) is 11.6 Å². The number of thiazole rings is 1. The van der Waals surface area contributed by atoms with Crippen molar-refractivity contribution in [1.29, 1.82) is 0 Å². The summed E-state index contributed by atoms with van der Waals surface area (Å²) < 4.78 is 36.1. The molecule has 0 saturated carbocycles. The zero-order valence-corrected chi connectivity index (χ0v) is 31.1. The second-order valence-corrected chi connectivity index (χ2v) is 14.7. The fraction of sp³-hybridized carbons (Fsp3) is 0.257. The second-order valence-electron chi connectivity index (χ2n) is 12.7. The molecule has 2 saturated heterocycles. The third-order valence-electron chi connectivity index (χ3n) is 9.35. The van der Waals surface area contributed by atoms with Crippen LogP contribution in [-0.2, 0) is 24.0 Å². The quantitative estimate of drug-likeness (QED) is 0.102. The van der Waals surface area contributed by atoms with Crippen molar-refractivity contribution in [2.75, 3.05) is 56.3 Å². The number of hydrogen-bond donors (Lipinski definition) is 4. The van der Waals surface area contributed by atoms with Crippen molar-refractivity contribution >= 4 is 80.4 Å². The number of fused-ring (bicyclic) bond motifs is 2. The number of carboxylic acids is 2. The molecule has 22 heteroatoms. The summed E-state index contributed by atoms with van der Waals surface area (Å²) in [6.45, 7) is -0.0823. The minimum Gasteiger partial charge on any atom is -0.477 e. The Labute approximate surface area is 327 Å². The summed E-state index contributed by atoms with van der Waals surface area (Å²) in [6, 6.07) is 6.33. The van der Waals surface area contributed by atoms with E-state index in [9.17, 15) is 43.4 Å². The molecule has 3 aliphatic rings. The lowest BCUT2D eigenvalue weighted by Gasteiger charge is -2.49. The summed E-state index contributed by atoms with van der Waals surface area (Å²) in [5.41, 5.74) is 4.42. The number of aliphatic carboxylic acids is 1. The van der Waals surface area contributed by atoms with Crippen LogP contribution in [0.15, 0.2) is 69.2 Å². The van der Waals surface area contributed by atoms with Crippen LogP contribution in [0.25, 0.3) is 16.6 Å². The first-order chi connectivity index (χ1) is 27.3. The summed E-state index contributed by atoms with van der Waals surface area (Å²) in [5, 5.41) is 26.6. The van der Waals surface area contributed by atoms with Crippen molar-refractivity contribution in [2.24, 2.45) is 5.16 Å². The van der Waals surface area contributed by atoms with Gasteiger partial charge in [0.2, 0.25) is 5.43 Å². The average Bonchev–Trinajstić information content (AvgIpc) is 3.63. The van der Waals surface area contributed by atoms with Crippen molar-refractivity contribution in [3.8, 4) is 5.69 Å². The summed E-state index contributed by atoms with van der Waals surface area (Å²) in [5.74, 6) is -5.72. The minimum absolute atomic E-state index is 0.0589. The number of oxime groups is 1. The highest BCUT2D eigenvalue weighted by Crippen LogP contribution is 2.40. The van der Waals surface area contributed by atoms with Gasteiger partial charge >= 0.3 is 18.0 Å². The molecule has 2 aromatic carbocycles. The molecule has 4 aromatic rings. The smallest absolute Gasteiger partial charge is 0.410 e. The fourth-order valence-corrected chi connectivity index (χ4v) is 8.49. The molecule has 5 heterocycles. The predicted octanol–water partition coefficient (Wildman–Crippen LogP) is 2.05. The molecule has 0 bridgehead atoms. The van der Waals surface area contributed by atoms with E-state index in [4.69, 9.17) is 15.3 Å². The standard InChI is InChI=1S/C35H30F2N8O10S2/c1-54-41-25(22-15-57-34(38)39-22)29(47)40-26-30(48)45-27(33(51)52)16(14-56-31(26)45)13-55-35(53)43-8-6-42(7-9-43)24-11-23-19(10-21(24)37)28(46)20(32(49)50)12-44(23)18-4-2-17(36)3-5-18/h2-5,10-12,15,26,31H,6-9,13-14H2,1H3,(H2,38,39)(H,40,47)(H,49,50)(H,51,52)/b41-25-/t26-,31-/m1/s1. The average molecular weight is 825 g/mol. The summed E-state index contributed by atoms with van der Waals surface area (Å²) in [6.07, 6.45) is 0.314. The third kappa shape index (κ3) is 7.31. The number of hydrogen-bond acceptors (Lipinski definition) is 14. The van der Waals surface area contributed by atoms with E-state index in [2.05, 4.69) is 15.5 Å². The number of anilines is 2. The SMILES string of the molecule is CO/N=C(\C(=O)N[C@@H]1C(=O)N2C(C(=O)O)=C(COC(=O)N3CCN(c4cc5c(cc4F)c(=O)c(C(=O)O)cn5-c4ccc(F)cc4)CC3)CS[C@H]12)c1csc(N)n1. The van der Waals surface area contributed by atoms with Crippen molar-refractivity contribution in [2.45, 2.75) is 11.4 Å². The number of aromatic nitrogens is 2. The third-order valence-corrected chi connectivity index (χ3v) is 11.4. The van der Waals surface area contributed by atoms with E-state index in [1.807, 2.05) is 0 Å². The first-order valence-electron chi connectivity index (χ1n) is 16.9. The number of amides is 3. The first kappa shape index (κ1) is 38.7. The van der Waals surface area contributed by atoms with E-state index in [1.165, 1.54) is 40.2 Å². The van der Waals surface area contributed by atoms with Crippen LogP contribution in [0.2, 0.25) is 0 Å². The zero-order chi connectivity index (χ0) is 40.7. The van der Waals surface area contributed by atoms with Gasteiger partial charge in [0.05, 0.1) is 11.2 Å². The number of nitrogens with one attached hydrogen (secondary N) is 1. The number of pyridine rings is 1. The molecule has 2 atom stereocenters. The molecule has 18 nitrogen and oxygen atoms in total. The van der Waals surface area contributed by atoms with Crippen molar-refractivity contribution in [3.63, 3.8) is 0 Å². The monoisotopic (exact) mass is 824 g/mol. The van der Waals surface area contributed by atoms with E-state index < -0.39 is 70.5 Å². The number of nitrogens with two attached hydrogens (primary N) is 1. The molecule has 296 valence electrons. The van der Waals surface area contributed by atoms with E-state index >= 15 is 4.39 Å². The number of nitrogens with zero attached hydrogens (tertiary/aromatic N) is 6. The van der Waals surface area contributed by atoms with E-state index in [0.717, 1.165) is 52.4 Å². The highest BCUT2D eigenvalue weighted by Gasteiger charge is 2.54. The maximum Gasteiger partial charge on any atom is 0.410 e.